The van der Waals surface area contributed by atoms with Crippen LogP contribution in [-0.2, 0) is 10.0 Å². The minimum absolute atomic E-state index is 0.161. The van der Waals surface area contributed by atoms with Gasteiger partial charge in [0, 0.05) is 10.0 Å². The van der Waals surface area contributed by atoms with Crippen molar-refractivity contribution in [3.8, 4) is 5.75 Å². The van der Waals surface area contributed by atoms with E-state index < -0.39 is 10.0 Å². The van der Waals surface area contributed by atoms with Gasteiger partial charge in [-0.15, -0.1) is 0 Å². The van der Waals surface area contributed by atoms with Crippen LogP contribution >= 0.6 is 15.9 Å². The number of rotatable bonds is 6. The lowest BCUT2D eigenvalue weighted by Crippen LogP contribution is -2.18. The van der Waals surface area contributed by atoms with Gasteiger partial charge in [0.2, 0.25) is 0 Å². The van der Waals surface area contributed by atoms with Crippen molar-refractivity contribution in [3.05, 3.63) is 58.6 Å². The highest BCUT2D eigenvalue weighted by Crippen LogP contribution is 2.21. The Bertz CT molecular complexity index is 762. The van der Waals surface area contributed by atoms with Crippen LogP contribution in [0.1, 0.15) is 12.5 Å². The number of hydrazone groups is 1. The van der Waals surface area contributed by atoms with Crippen LogP contribution in [-0.4, -0.2) is 21.2 Å². The first kappa shape index (κ1) is 16.5. The Hall–Kier alpha value is -1.86. The average Bonchev–Trinajstić information content (AvgIpc) is 2.51. The van der Waals surface area contributed by atoms with Crippen LogP contribution in [0.5, 0.6) is 5.75 Å². The molecule has 0 radical (unpaired) electrons. The molecule has 0 aliphatic rings. The minimum atomic E-state index is -3.66. The molecule has 0 aliphatic heterocycles. The van der Waals surface area contributed by atoms with Crippen molar-refractivity contribution in [3.63, 3.8) is 0 Å². The average molecular weight is 383 g/mol. The van der Waals surface area contributed by atoms with Gasteiger partial charge < -0.3 is 4.74 Å². The summed E-state index contributed by atoms with van der Waals surface area (Å²) in [5, 5.41) is 3.80. The van der Waals surface area contributed by atoms with Crippen LogP contribution in [0.15, 0.2) is 63.0 Å². The molecule has 0 saturated heterocycles. The Morgan fingerprint density at radius 3 is 2.64 bits per heavy atom. The summed E-state index contributed by atoms with van der Waals surface area (Å²) in [4.78, 5) is 2.34. The van der Waals surface area contributed by atoms with Crippen molar-refractivity contribution >= 4 is 32.2 Å². The summed E-state index contributed by atoms with van der Waals surface area (Å²) in [5.41, 5.74) is 0.710. The predicted octanol–water partition coefficient (Wildman–Crippen LogP) is 3.16. The third kappa shape index (κ3) is 4.32. The summed E-state index contributed by atoms with van der Waals surface area (Å²) in [6.07, 6.45) is 1.42. The first-order chi connectivity index (χ1) is 10.5. The molecule has 0 bridgehead atoms. The fourth-order valence-corrected chi connectivity index (χ4v) is 2.86. The molecular weight excluding hydrogens is 368 g/mol. The highest BCUT2D eigenvalue weighted by atomic mass is 79.9. The number of ether oxygens (including phenoxy) is 1. The van der Waals surface area contributed by atoms with E-state index in [0.29, 0.717) is 17.9 Å². The lowest BCUT2D eigenvalue weighted by atomic mass is 10.2. The fraction of sp³-hybridized carbons (Fsp3) is 0.133. The van der Waals surface area contributed by atoms with E-state index in [9.17, 15) is 8.42 Å². The fourth-order valence-electron chi connectivity index (χ4n) is 1.69. The number of hydrogen-bond acceptors (Lipinski definition) is 4. The van der Waals surface area contributed by atoms with E-state index in [1.165, 1.54) is 18.3 Å². The molecule has 2 aromatic carbocycles. The molecule has 116 valence electrons. The van der Waals surface area contributed by atoms with Crippen LogP contribution in [0, 0.1) is 0 Å². The van der Waals surface area contributed by atoms with E-state index in [2.05, 4.69) is 25.9 Å². The molecule has 0 aromatic heterocycles. The van der Waals surface area contributed by atoms with Crippen LogP contribution in [0.2, 0.25) is 0 Å². The number of halogens is 1. The van der Waals surface area contributed by atoms with Crippen LogP contribution in [0.25, 0.3) is 0 Å². The molecule has 2 aromatic rings. The maximum Gasteiger partial charge on any atom is 0.276 e. The molecule has 5 nitrogen and oxygen atoms in total. The second kappa shape index (κ2) is 7.42. The van der Waals surface area contributed by atoms with Gasteiger partial charge in [0.05, 0.1) is 17.7 Å². The third-order valence-corrected chi connectivity index (χ3v) is 4.67. The monoisotopic (exact) mass is 382 g/mol. The molecule has 0 amide bonds. The highest BCUT2D eigenvalue weighted by Gasteiger charge is 2.11. The molecule has 0 fully saturated rings. The van der Waals surface area contributed by atoms with E-state index in [-0.39, 0.29) is 4.90 Å². The van der Waals surface area contributed by atoms with E-state index >= 15 is 0 Å². The van der Waals surface area contributed by atoms with Gasteiger partial charge in [-0.1, -0.05) is 34.1 Å². The molecule has 1 N–H and O–H groups in total. The maximum atomic E-state index is 12.0. The number of nitrogens with one attached hydrogen (secondary N) is 1. The van der Waals surface area contributed by atoms with Gasteiger partial charge in [0.15, 0.2) is 0 Å². The SMILES string of the molecule is CCOc1ccc(Br)c(C=NNS(=O)(=O)c2ccccc2)c1. The highest BCUT2D eigenvalue weighted by molar-refractivity contribution is 9.10. The van der Waals surface area contributed by atoms with Crippen LogP contribution < -0.4 is 9.57 Å². The molecule has 0 atom stereocenters. The minimum Gasteiger partial charge on any atom is -0.494 e. The van der Waals surface area contributed by atoms with Crippen molar-refractivity contribution in [2.45, 2.75) is 11.8 Å². The molecule has 0 spiro atoms. The van der Waals surface area contributed by atoms with Gasteiger partial charge in [-0.3, -0.25) is 0 Å². The van der Waals surface area contributed by atoms with Crippen molar-refractivity contribution in [2.24, 2.45) is 5.10 Å². The summed E-state index contributed by atoms with van der Waals surface area (Å²) in [6.45, 7) is 2.45. The van der Waals surface area contributed by atoms with Gasteiger partial charge in [0.25, 0.3) is 10.0 Å². The second-order valence-corrected chi connectivity index (χ2v) is 6.80. The lowest BCUT2D eigenvalue weighted by molar-refractivity contribution is 0.340. The molecule has 22 heavy (non-hydrogen) atoms. The lowest BCUT2D eigenvalue weighted by Gasteiger charge is -2.06. The van der Waals surface area contributed by atoms with E-state index in [4.69, 9.17) is 4.74 Å². The zero-order valence-corrected chi connectivity index (χ0v) is 14.3. The summed E-state index contributed by atoms with van der Waals surface area (Å²) < 4.78 is 30.2. The molecule has 0 aliphatic carbocycles. The smallest absolute Gasteiger partial charge is 0.276 e. The quantitative estimate of drug-likeness (QED) is 0.616. The Kier molecular flexibility index (Phi) is 5.57. The predicted molar refractivity (Wildman–Crippen MR) is 89.7 cm³/mol. The molecule has 0 unspecified atom stereocenters. The number of nitrogens with zero attached hydrogens (tertiary/aromatic N) is 1. The van der Waals surface area contributed by atoms with Crippen molar-refractivity contribution in [1.29, 1.82) is 0 Å². The topological polar surface area (TPSA) is 67.8 Å². The summed E-state index contributed by atoms with van der Waals surface area (Å²) in [5.74, 6) is 0.693. The van der Waals surface area contributed by atoms with Crippen molar-refractivity contribution in [1.82, 2.24) is 4.83 Å². The van der Waals surface area contributed by atoms with Gasteiger partial charge in [-0.05, 0) is 37.3 Å². The van der Waals surface area contributed by atoms with E-state index in [1.807, 2.05) is 19.1 Å². The Morgan fingerprint density at radius 1 is 1.23 bits per heavy atom. The number of benzene rings is 2. The van der Waals surface area contributed by atoms with Gasteiger partial charge in [0.1, 0.15) is 5.75 Å². The zero-order valence-electron chi connectivity index (χ0n) is 11.9. The largest absolute Gasteiger partial charge is 0.494 e. The Labute approximate surface area is 138 Å². The van der Waals surface area contributed by atoms with Crippen molar-refractivity contribution in [2.75, 3.05) is 6.61 Å². The summed E-state index contributed by atoms with van der Waals surface area (Å²) >= 11 is 3.38. The van der Waals surface area contributed by atoms with Crippen LogP contribution in [0.4, 0.5) is 0 Å². The maximum absolute atomic E-state index is 12.0. The summed E-state index contributed by atoms with van der Waals surface area (Å²) in [6, 6.07) is 13.5. The normalized spacial score (nSPS) is 11.5. The summed E-state index contributed by atoms with van der Waals surface area (Å²) in [7, 11) is -3.66. The number of hydrogen-bond donors (Lipinski definition) is 1. The zero-order chi connectivity index (χ0) is 16.0. The molecular formula is C15H15BrN2O3S. The first-order valence-corrected chi connectivity index (χ1v) is 8.83. The first-order valence-electron chi connectivity index (χ1n) is 6.55. The Balaban J connectivity index is 2.14. The van der Waals surface area contributed by atoms with E-state index in [1.54, 1.807) is 24.3 Å². The van der Waals surface area contributed by atoms with Crippen LogP contribution in [0.3, 0.4) is 0 Å². The van der Waals surface area contributed by atoms with Crippen molar-refractivity contribution < 1.29 is 13.2 Å². The standard InChI is InChI=1S/C15H15BrN2O3S/c1-2-21-13-8-9-15(16)12(10-13)11-17-18-22(19,20)14-6-4-3-5-7-14/h3-11,18H,2H2,1H3. The molecule has 2 rings (SSSR count). The molecule has 7 heteroatoms. The van der Waals surface area contributed by atoms with Gasteiger partial charge in [-0.2, -0.15) is 13.5 Å². The van der Waals surface area contributed by atoms with Gasteiger partial charge >= 0.3 is 0 Å². The Morgan fingerprint density at radius 2 is 1.95 bits per heavy atom. The molecule has 0 saturated carbocycles. The van der Waals surface area contributed by atoms with E-state index in [0.717, 1.165) is 4.47 Å². The number of sulfonamides is 1. The second-order valence-electron chi connectivity index (χ2n) is 4.28. The molecule has 0 heterocycles. The third-order valence-electron chi connectivity index (χ3n) is 2.71. The van der Waals surface area contributed by atoms with Gasteiger partial charge in [-0.25, -0.2) is 4.83 Å².